The van der Waals surface area contributed by atoms with Crippen molar-refractivity contribution in [3.8, 4) is 6.07 Å². The van der Waals surface area contributed by atoms with Crippen molar-refractivity contribution in [2.75, 3.05) is 0 Å². The maximum atomic E-state index is 13.8. The summed E-state index contributed by atoms with van der Waals surface area (Å²) in [6, 6.07) is 6.94. The van der Waals surface area contributed by atoms with Gasteiger partial charge in [0.05, 0.1) is 11.5 Å². The van der Waals surface area contributed by atoms with Crippen LogP contribution >= 0.6 is 11.6 Å². The van der Waals surface area contributed by atoms with Crippen LogP contribution in [0.4, 0.5) is 4.39 Å². The Kier molecular flexibility index (Phi) is 3.61. The van der Waals surface area contributed by atoms with E-state index in [0.717, 1.165) is 12.8 Å². The molecule has 0 unspecified atom stereocenters. The predicted molar refractivity (Wildman–Crippen MR) is 69.7 cm³/mol. The van der Waals surface area contributed by atoms with Crippen molar-refractivity contribution in [3.05, 3.63) is 34.6 Å². The van der Waals surface area contributed by atoms with Crippen LogP contribution in [-0.2, 0) is 0 Å². The van der Waals surface area contributed by atoms with Crippen LogP contribution in [0.5, 0.6) is 0 Å². The number of hydrogen-bond donors (Lipinski definition) is 1. The van der Waals surface area contributed by atoms with Gasteiger partial charge in [0.1, 0.15) is 5.82 Å². The first-order chi connectivity index (χ1) is 8.44. The molecular formula is C14H16ClFN2. The summed E-state index contributed by atoms with van der Waals surface area (Å²) in [5, 5.41) is 13.0. The number of nitrogens with one attached hydrogen (secondary N) is 1. The highest BCUT2D eigenvalue weighted by Crippen LogP contribution is 2.36. The van der Waals surface area contributed by atoms with Gasteiger partial charge in [-0.25, -0.2) is 4.39 Å². The Labute approximate surface area is 112 Å². The molecule has 0 spiro atoms. The fraction of sp³-hybridized carbons (Fsp3) is 0.500. The number of nitrogens with zero attached hydrogens (tertiary/aromatic N) is 1. The Bertz CT molecular complexity index is 493. The molecule has 2 nitrogen and oxygen atoms in total. The van der Waals surface area contributed by atoms with E-state index < -0.39 is 5.41 Å². The molecule has 0 aliphatic carbocycles. The largest absolute Gasteiger partial charge is 0.305 e. The summed E-state index contributed by atoms with van der Waals surface area (Å²) in [4.78, 5) is 0. The van der Waals surface area contributed by atoms with Gasteiger partial charge in [-0.2, -0.15) is 5.26 Å². The second-order valence-corrected chi connectivity index (χ2v) is 5.78. The molecule has 1 N–H and O–H groups in total. The van der Waals surface area contributed by atoms with E-state index in [2.05, 4.69) is 11.4 Å². The van der Waals surface area contributed by atoms with Gasteiger partial charge < -0.3 is 5.32 Å². The summed E-state index contributed by atoms with van der Waals surface area (Å²) in [6.45, 7) is 3.81. The highest BCUT2D eigenvalue weighted by atomic mass is 35.5. The van der Waals surface area contributed by atoms with Gasteiger partial charge in [-0.05, 0) is 44.9 Å². The van der Waals surface area contributed by atoms with Gasteiger partial charge in [0.2, 0.25) is 0 Å². The maximum Gasteiger partial charge on any atom is 0.128 e. The van der Waals surface area contributed by atoms with Crippen LogP contribution in [-0.4, -0.2) is 6.04 Å². The van der Waals surface area contributed by atoms with E-state index in [-0.39, 0.29) is 17.9 Å². The van der Waals surface area contributed by atoms with E-state index in [1.165, 1.54) is 6.07 Å². The maximum absolute atomic E-state index is 13.8. The van der Waals surface area contributed by atoms with Gasteiger partial charge in [0, 0.05) is 22.7 Å². The highest BCUT2D eigenvalue weighted by molar-refractivity contribution is 6.30. The van der Waals surface area contributed by atoms with Crippen molar-refractivity contribution in [3.63, 3.8) is 0 Å². The van der Waals surface area contributed by atoms with E-state index in [0.29, 0.717) is 10.6 Å². The molecule has 1 heterocycles. The standard InChI is InChI=1S/C14H16ClFN2/c1-14(2,8-17)13-6-5-12(18-13)10-7-9(15)3-4-11(10)16/h3-4,7,12-13,18H,5-6H2,1-2H3/t12-,13+/m0/s1. The smallest absolute Gasteiger partial charge is 0.128 e. The Morgan fingerprint density at radius 2 is 2.17 bits per heavy atom. The molecule has 1 aromatic rings. The molecule has 0 radical (unpaired) electrons. The number of halogens is 2. The molecule has 0 amide bonds. The molecule has 2 rings (SSSR count). The molecule has 4 heteroatoms. The molecule has 1 saturated heterocycles. The van der Waals surface area contributed by atoms with Crippen molar-refractivity contribution in [2.24, 2.45) is 5.41 Å². The van der Waals surface area contributed by atoms with E-state index in [1.807, 2.05) is 13.8 Å². The first-order valence-corrected chi connectivity index (χ1v) is 6.44. The first-order valence-electron chi connectivity index (χ1n) is 6.06. The summed E-state index contributed by atoms with van der Waals surface area (Å²) in [5.41, 5.74) is 0.155. The van der Waals surface area contributed by atoms with E-state index in [9.17, 15) is 4.39 Å². The predicted octanol–water partition coefficient (Wildman–Crippen LogP) is 3.82. The first kappa shape index (κ1) is 13.3. The third kappa shape index (κ3) is 2.50. The van der Waals surface area contributed by atoms with Crippen LogP contribution in [0.15, 0.2) is 18.2 Å². The molecule has 2 atom stereocenters. The van der Waals surface area contributed by atoms with Crippen molar-refractivity contribution in [1.29, 1.82) is 5.26 Å². The van der Waals surface area contributed by atoms with Crippen molar-refractivity contribution in [2.45, 2.75) is 38.8 Å². The van der Waals surface area contributed by atoms with Gasteiger partial charge in [-0.15, -0.1) is 0 Å². The van der Waals surface area contributed by atoms with Crippen molar-refractivity contribution in [1.82, 2.24) is 5.32 Å². The molecule has 1 aliphatic rings. The lowest BCUT2D eigenvalue weighted by Crippen LogP contribution is -2.37. The van der Waals surface area contributed by atoms with Crippen LogP contribution < -0.4 is 5.32 Å². The Balaban J connectivity index is 2.19. The fourth-order valence-electron chi connectivity index (χ4n) is 2.42. The van der Waals surface area contributed by atoms with E-state index in [1.54, 1.807) is 12.1 Å². The van der Waals surface area contributed by atoms with Gasteiger partial charge in [-0.1, -0.05) is 11.6 Å². The summed E-state index contributed by atoms with van der Waals surface area (Å²) in [5.74, 6) is -0.243. The minimum atomic E-state index is -0.441. The van der Waals surface area contributed by atoms with Crippen LogP contribution in [0.2, 0.25) is 5.02 Å². The van der Waals surface area contributed by atoms with E-state index in [4.69, 9.17) is 16.9 Å². The molecule has 1 aliphatic heterocycles. The molecule has 0 aromatic heterocycles. The van der Waals surface area contributed by atoms with Gasteiger partial charge in [-0.3, -0.25) is 0 Å². The van der Waals surface area contributed by atoms with Gasteiger partial charge in [0.15, 0.2) is 0 Å². The summed E-state index contributed by atoms with van der Waals surface area (Å²) >= 11 is 5.90. The zero-order chi connectivity index (χ0) is 13.3. The molecule has 0 saturated carbocycles. The lowest BCUT2D eigenvalue weighted by Gasteiger charge is -2.25. The topological polar surface area (TPSA) is 35.8 Å². The zero-order valence-electron chi connectivity index (χ0n) is 10.5. The number of rotatable bonds is 2. The van der Waals surface area contributed by atoms with Gasteiger partial charge in [0.25, 0.3) is 0 Å². The number of benzene rings is 1. The Hall–Kier alpha value is -1.11. The van der Waals surface area contributed by atoms with Crippen LogP contribution in [0.3, 0.4) is 0 Å². The third-order valence-corrected chi connectivity index (χ3v) is 3.87. The lowest BCUT2D eigenvalue weighted by atomic mass is 9.85. The molecule has 96 valence electrons. The minimum Gasteiger partial charge on any atom is -0.305 e. The van der Waals surface area contributed by atoms with Crippen LogP contribution in [0, 0.1) is 22.6 Å². The van der Waals surface area contributed by atoms with Crippen LogP contribution in [0.25, 0.3) is 0 Å². The number of nitriles is 1. The third-order valence-electron chi connectivity index (χ3n) is 3.64. The number of hydrogen-bond acceptors (Lipinski definition) is 2. The van der Waals surface area contributed by atoms with Gasteiger partial charge >= 0.3 is 0 Å². The van der Waals surface area contributed by atoms with Crippen LogP contribution in [0.1, 0.15) is 38.3 Å². The second kappa shape index (κ2) is 4.87. The zero-order valence-corrected chi connectivity index (χ0v) is 11.3. The molecule has 1 fully saturated rings. The monoisotopic (exact) mass is 266 g/mol. The SMILES string of the molecule is CC(C)(C#N)[C@H]1CC[C@@H](c2cc(Cl)ccc2F)N1. The Morgan fingerprint density at radius 3 is 2.83 bits per heavy atom. The molecular weight excluding hydrogens is 251 g/mol. The minimum absolute atomic E-state index is 0.0543. The molecule has 0 bridgehead atoms. The quantitative estimate of drug-likeness (QED) is 0.883. The lowest BCUT2D eigenvalue weighted by molar-refractivity contribution is 0.340. The van der Waals surface area contributed by atoms with E-state index >= 15 is 0 Å². The van der Waals surface area contributed by atoms with Crippen molar-refractivity contribution >= 4 is 11.6 Å². The summed E-state index contributed by atoms with van der Waals surface area (Å²) in [7, 11) is 0. The summed E-state index contributed by atoms with van der Waals surface area (Å²) in [6.07, 6.45) is 1.70. The Morgan fingerprint density at radius 1 is 1.44 bits per heavy atom. The fourth-order valence-corrected chi connectivity index (χ4v) is 2.60. The second-order valence-electron chi connectivity index (χ2n) is 5.35. The summed E-state index contributed by atoms with van der Waals surface area (Å²) < 4.78 is 13.8. The normalized spacial score (nSPS) is 23.9. The highest BCUT2D eigenvalue weighted by Gasteiger charge is 2.36. The average molecular weight is 267 g/mol. The molecule has 1 aromatic carbocycles. The average Bonchev–Trinajstić information content (AvgIpc) is 2.82. The molecule has 18 heavy (non-hydrogen) atoms. The van der Waals surface area contributed by atoms with Crippen molar-refractivity contribution < 1.29 is 4.39 Å².